The summed E-state index contributed by atoms with van der Waals surface area (Å²) in [6.07, 6.45) is -0.733. The average Bonchev–Trinajstić information content (AvgIpc) is 2.58. The molecule has 2 heteroatoms. The van der Waals surface area contributed by atoms with Crippen molar-refractivity contribution in [1.29, 1.82) is 0 Å². The van der Waals surface area contributed by atoms with Gasteiger partial charge < -0.3 is 4.74 Å². The van der Waals surface area contributed by atoms with E-state index in [4.69, 9.17) is 4.74 Å². The van der Waals surface area contributed by atoms with E-state index in [-0.39, 0.29) is 0 Å². The monoisotopic (exact) mass is 196 g/mol. The van der Waals surface area contributed by atoms with Gasteiger partial charge in [-0.1, -0.05) is 26.0 Å². The van der Waals surface area contributed by atoms with Crippen LogP contribution in [0.15, 0.2) is 12.1 Å². The Morgan fingerprint density at radius 1 is 1.21 bits per heavy atom. The number of ether oxygens (including phenoxy) is 1. The van der Waals surface area contributed by atoms with E-state index in [1.165, 1.54) is 0 Å². The minimum absolute atomic E-state index is 0.406. The second-order valence-electron chi connectivity index (χ2n) is 3.24. The SMILES string of the molecule is CC.Cc1ccc(C)c2c1CC(F)O2. The fourth-order valence-corrected chi connectivity index (χ4v) is 1.59. The van der Waals surface area contributed by atoms with E-state index in [0.29, 0.717) is 6.42 Å². The van der Waals surface area contributed by atoms with Gasteiger partial charge in [-0.2, -0.15) is 0 Å². The first-order valence-corrected chi connectivity index (χ1v) is 5.08. The maximum absolute atomic E-state index is 12.9. The standard InChI is InChI=1S/C10H11FO.C2H6/c1-6-3-4-7(2)10-8(6)5-9(11)12-10;1-2/h3-4,9H,5H2,1-2H3;1-2H3. The Kier molecular flexibility index (Phi) is 3.50. The summed E-state index contributed by atoms with van der Waals surface area (Å²) in [5.41, 5.74) is 3.18. The van der Waals surface area contributed by atoms with E-state index in [1.807, 2.05) is 39.8 Å². The lowest BCUT2D eigenvalue weighted by Gasteiger charge is -2.04. The van der Waals surface area contributed by atoms with Gasteiger partial charge in [-0.3, -0.25) is 0 Å². The fraction of sp³-hybridized carbons (Fsp3) is 0.500. The Bertz CT molecular complexity index is 289. The molecule has 1 unspecified atom stereocenters. The molecule has 0 spiro atoms. The molecule has 1 aromatic carbocycles. The zero-order chi connectivity index (χ0) is 10.7. The van der Waals surface area contributed by atoms with E-state index in [9.17, 15) is 4.39 Å². The molecule has 0 aliphatic carbocycles. The first-order chi connectivity index (χ1) is 6.68. The highest BCUT2D eigenvalue weighted by molar-refractivity contribution is 5.47. The summed E-state index contributed by atoms with van der Waals surface area (Å²) in [6.45, 7) is 7.93. The third kappa shape index (κ3) is 1.89. The molecule has 0 fully saturated rings. The van der Waals surface area contributed by atoms with Crippen molar-refractivity contribution >= 4 is 0 Å². The molecule has 78 valence electrons. The molecule has 0 aromatic heterocycles. The van der Waals surface area contributed by atoms with Crippen LogP contribution in [-0.2, 0) is 6.42 Å². The van der Waals surface area contributed by atoms with Crippen LogP contribution in [0.4, 0.5) is 4.39 Å². The van der Waals surface area contributed by atoms with Gasteiger partial charge in [0, 0.05) is 12.0 Å². The van der Waals surface area contributed by atoms with Crippen LogP contribution in [0.2, 0.25) is 0 Å². The van der Waals surface area contributed by atoms with Crippen molar-refractivity contribution in [2.75, 3.05) is 0 Å². The van der Waals surface area contributed by atoms with Crippen molar-refractivity contribution in [2.24, 2.45) is 0 Å². The number of aryl methyl sites for hydroxylation is 2. The number of hydrogen-bond donors (Lipinski definition) is 0. The highest BCUT2D eigenvalue weighted by atomic mass is 19.1. The molecular weight excluding hydrogens is 179 g/mol. The third-order valence-corrected chi connectivity index (χ3v) is 2.30. The molecule has 1 aliphatic heterocycles. The maximum atomic E-state index is 12.9. The van der Waals surface area contributed by atoms with Crippen molar-refractivity contribution in [3.05, 3.63) is 28.8 Å². The number of benzene rings is 1. The van der Waals surface area contributed by atoms with Gasteiger partial charge in [-0.05, 0) is 25.0 Å². The Balaban J connectivity index is 0.000000461. The van der Waals surface area contributed by atoms with Gasteiger partial charge in [0.2, 0.25) is 6.36 Å². The molecule has 1 aromatic rings. The topological polar surface area (TPSA) is 9.23 Å². The van der Waals surface area contributed by atoms with Crippen LogP contribution in [0, 0.1) is 13.8 Å². The zero-order valence-electron chi connectivity index (χ0n) is 9.23. The summed E-state index contributed by atoms with van der Waals surface area (Å²) < 4.78 is 17.9. The third-order valence-electron chi connectivity index (χ3n) is 2.30. The number of alkyl halides is 1. The van der Waals surface area contributed by atoms with Gasteiger partial charge in [-0.25, -0.2) is 4.39 Å². The van der Waals surface area contributed by atoms with Crippen LogP contribution in [0.1, 0.15) is 30.5 Å². The van der Waals surface area contributed by atoms with Crippen molar-refractivity contribution in [3.8, 4) is 5.75 Å². The second-order valence-corrected chi connectivity index (χ2v) is 3.24. The summed E-state index contributed by atoms with van der Waals surface area (Å²) in [7, 11) is 0. The molecule has 0 amide bonds. The van der Waals surface area contributed by atoms with Crippen molar-refractivity contribution in [3.63, 3.8) is 0 Å². The molecule has 0 saturated carbocycles. The maximum Gasteiger partial charge on any atom is 0.242 e. The smallest absolute Gasteiger partial charge is 0.242 e. The summed E-state index contributed by atoms with van der Waals surface area (Å²) >= 11 is 0. The van der Waals surface area contributed by atoms with Crippen molar-refractivity contribution < 1.29 is 9.13 Å². The number of halogens is 1. The number of rotatable bonds is 0. The van der Waals surface area contributed by atoms with Gasteiger partial charge in [-0.15, -0.1) is 0 Å². The quantitative estimate of drug-likeness (QED) is 0.616. The molecule has 1 aliphatic rings. The molecular formula is C12H17FO. The van der Waals surface area contributed by atoms with Gasteiger partial charge >= 0.3 is 0 Å². The molecule has 0 saturated heterocycles. The number of fused-ring (bicyclic) bond motifs is 1. The van der Waals surface area contributed by atoms with Crippen LogP contribution < -0.4 is 4.74 Å². The van der Waals surface area contributed by atoms with Crippen molar-refractivity contribution in [2.45, 2.75) is 40.5 Å². The van der Waals surface area contributed by atoms with Gasteiger partial charge in [0.1, 0.15) is 5.75 Å². The minimum atomic E-state index is -1.14. The Morgan fingerprint density at radius 3 is 2.36 bits per heavy atom. The van der Waals surface area contributed by atoms with Crippen LogP contribution >= 0.6 is 0 Å². The molecule has 0 N–H and O–H groups in total. The van der Waals surface area contributed by atoms with E-state index in [2.05, 4.69) is 0 Å². The minimum Gasteiger partial charge on any atom is -0.459 e. The highest BCUT2D eigenvalue weighted by Gasteiger charge is 2.24. The van der Waals surface area contributed by atoms with Crippen LogP contribution in [0.5, 0.6) is 5.75 Å². The molecule has 0 bridgehead atoms. The van der Waals surface area contributed by atoms with Crippen LogP contribution in [-0.4, -0.2) is 6.36 Å². The zero-order valence-corrected chi connectivity index (χ0v) is 9.23. The van der Waals surface area contributed by atoms with Gasteiger partial charge in [0.25, 0.3) is 0 Å². The Hall–Kier alpha value is -1.05. The first-order valence-electron chi connectivity index (χ1n) is 5.08. The fourth-order valence-electron chi connectivity index (χ4n) is 1.59. The molecule has 1 nitrogen and oxygen atoms in total. The Labute approximate surface area is 84.9 Å². The predicted octanol–water partition coefficient (Wildman–Crippen LogP) is 3.56. The average molecular weight is 196 g/mol. The summed E-state index contributed by atoms with van der Waals surface area (Å²) in [5, 5.41) is 0. The lowest BCUT2D eigenvalue weighted by atomic mass is 10.0. The normalized spacial score (nSPS) is 17.9. The molecule has 2 rings (SSSR count). The molecule has 0 radical (unpaired) electrons. The van der Waals surface area contributed by atoms with Gasteiger partial charge in [0.15, 0.2) is 0 Å². The van der Waals surface area contributed by atoms with Gasteiger partial charge in [0.05, 0.1) is 0 Å². The van der Waals surface area contributed by atoms with Crippen LogP contribution in [0.3, 0.4) is 0 Å². The summed E-state index contributed by atoms with van der Waals surface area (Å²) in [4.78, 5) is 0. The lowest BCUT2D eigenvalue weighted by molar-refractivity contribution is 0.0905. The molecule has 1 atom stereocenters. The van der Waals surface area contributed by atoms with E-state index >= 15 is 0 Å². The van der Waals surface area contributed by atoms with E-state index < -0.39 is 6.36 Å². The van der Waals surface area contributed by atoms with Crippen LogP contribution in [0.25, 0.3) is 0 Å². The highest BCUT2D eigenvalue weighted by Crippen LogP contribution is 2.34. The Morgan fingerprint density at radius 2 is 1.79 bits per heavy atom. The summed E-state index contributed by atoms with van der Waals surface area (Å²) in [5.74, 6) is 0.752. The first kappa shape index (κ1) is 11.0. The molecule has 1 heterocycles. The van der Waals surface area contributed by atoms with E-state index in [1.54, 1.807) is 0 Å². The number of hydrogen-bond acceptors (Lipinski definition) is 1. The predicted molar refractivity (Wildman–Crippen MR) is 56.5 cm³/mol. The largest absolute Gasteiger partial charge is 0.459 e. The molecule has 14 heavy (non-hydrogen) atoms. The lowest BCUT2D eigenvalue weighted by Crippen LogP contribution is -2.03. The van der Waals surface area contributed by atoms with E-state index in [0.717, 1.165) is 22.4 Å². The summed E-state index contributed by atoms with van der Waals surface area (Å²) in [6, 6.07) is 3.97. The second kappa shape index (κ2) is 4.45. The van der Waals surface area contributed by atoms with Crippen molar-refractivity contribution in [1.82, 2.24) is 0 Å².